The van der Waals surface area contributed by atoms with Crippen molar-refractivity contribution in [1.82, 2.24) is 4.98 Å². The molecule has 0 unspecified atom stereocenters. The molecule has 15 heavy (non-hydrogen) atoms. The van der Waals surface area contributed by atoms with Gasteiger partial charge in [-0.3, -0.25) is 4.79 Å². The van der Waals surface area contributed by atoms with E-state index in [1.54, 1.807) is 0 Å². The summed E-state index contributed by atoms with van der Waals surface area (Å²) in [6, 6.07) is 1.50. The summed E-state index contributed by atoms with van der Waals surface area (Å²) < 4.78 is 25.2. The van der Waals surface area contributed by atoms with E-state index in [1.165, 1.54) is 19.2 Å². The van der Waals surface area contributed by atoms with Gasteiger partial charge in [0.1, 0.15) is 11.8 Å². The highest BCUT2D eigenvalue weighted by molar-refractivity contribution is 5.96. The van der Waals surface area contributed by atoms with Crippen LogP contribution in [0.3, 0.4) is 0 Å². The highest BCUT2D eigenvalue weighted by Gasteiger charge is 2.23. The van der Waals surface area contributed by atoms with E-state index in [0.29, 0.717) is 0 Å². The lowest BCUT2D eigenvalue weighted by Gasteiger charge is -2.09. The molecular weight excluding hydrogens is 204 g/mol. The fourth-order valence-corrected chi connectivity index (χ4v) is 1.25. The number of rotatable bonds is 2. The van der Waals surface area contributed by atoms with Gasteiger partial charge in [0.2, 0.25) is 5.91 Å². The summed E-state index contributed by atoms with van der Waals surface area (Å²) in [7, 11) is 0. The molecule has 0 aliphatic carbocycles. The Morgan fingerprint density at radius 3 is 2.67 bits per heavy atom. The zero-order valence-electron chi connectivity index (χ0n) is 7.79. The number of primary amides is 1. The molecule has 4 nitrogen and oxygen atoms in total. The molecule has 0 aliphatic heterocycles. The average molecular weight is 211 g/mol. The molecule has 1 amide bonds. The number of nitrogens with two attached hydrogens (primary N) is 1. The van der Waals surface area contributed by atoms with Gasteiger partial charge in [0, 0.05) is 6.20 Å². The van der Waals surface area contributed by atoms with E-state index in [1.807, 2.05) is 0 Å². The van der Waals surface area contributed by atoms with Gasteiger partial charge < -0.3 is 5.73 Å². The SMILES string of the molecule is Cc1cnc(C#N)c(C(F)F)c1C(N)=O. The second-order valence-electron chi connectivity index (χ2n) is 2.86. The second-order valence-corrected chi connectivity index (χ2v) is 2.86. The highest BCUT2D eigenvalue weighted by atomic mass is 19.3. The molecule has 0 bridgehead atoms. The fraction of sp³-hybridized carbons (Fsp3) is 0.222. The van der Waals surface area contributed by atoms with Crippen LogP contribution in [0.25, 0.3) is 0 Å². The van der Waals surface area contributed by atoms with Crippen LogP contribution in [0.4, 0.5) is 8.78 Å². The van der Waals surface area contributed by atoms with Gasteiger partial charge in [0.05, 0.1) is 11.1 Å². The summed E-state index contributed by atoms with van der Waals surface area (Å²) in [6.07, 6.45) is -1.78. The zero-order chi connectivity index (χ0) is 11.6. The molecule has 1 heterocycles. The lowest BCUT2D eigenvalue weighted by Crippen LogP contribution is -2.17. The molecule has 0 saturated heterocycles. The van der Waals surface area contributed by atoms with Crippen LogP contribution in [0.5, 0.6) is 0 Å². The van der Waals surface area contributed by atoms with Gasteiger partial charge in [0.15, 0.2) is 0 Å². The van der Waals surface area contributed by atoms with Crippen LogP contribution < -0.4 is 5.73 Å². The number of hydrogen-bond acceptors (Lipinski definition) is 3. The number of pyridine rings is 1. The van der Waals surface area contributed by atoms with Crippen LogP contribution in [0, 0.1) is 18.3 Å². The van der Waals surface area contributed by atoms with Crippen LogP contribution in [-0.4, -0.2) is 10.9 Å². The maximum Gasteiger partial charge on any atom is 0.267 e. The monoisotopic (exact) mass is 211 g/mol. The number of nitriles is 1. The number of aromatic nitrogens is 1. The van der Waals surface area contributed by atoms with Crippen LogP contribution in [0.2, 0.25) is 0 Å². The van der Waals surface area contributed by atoms with E-state index >= 15 is 0 Å². The number of carbonyl (C=O) groups is 1. The largest absolute Gasteiger partial charge is 0.366 e. The zero-order valence-corrected chi connectivity index (χ0v) is 7.79. The van der Waals surface area contributed by atoms with Crippen molar-refractivity contribution in [3.63, 3.8) is 0 Å². The first kappa shape index (κ1) is 11.0. The van der Waals surface area contributed by atoms with Crippen molar-refractivity contribution in [2.75, 3.05) is 0 Å². The molecule has 0 spiro atoms. The Hall–Kier alpha value is -2.03. The van der Waals surface area contributed by atoms with E-state index in [-0.39, 0.29) is 11.1 Å². The number of amides is 1. The maximum atomic E-state index is 12.6. The first-order valence-corrected chi connectivity index (χ1v) is 3.96. The van der Waals surface area contributed by atoms with Crippen LogP contribution in [0.15, 0.2) is 6.20 Å². The van der Waals surface area contributed by atoms with Crippen molar-refractivity contribution in [2.45, 2.75) is 13.3 Å². The molecule has 1 aromatic rings. The van der Waals surface area contributed by atoms with Crippen molar-refractivity contribution < 1.29 is 13.6 Å². The third-order valence-corrected chi connectivity index (χ3v) is 1.88. The normalized spacial score (nSPS) is 10.1. The van der Waals surface area contributed by atoms with Gasteiger partial charge in [-0.05, 0) is 12.5 Å². The molecule has 0 saturated carbocycles. The predicted octanol–water partition coefficient (Wildman–Crippen LogP) is 1.30. The second kappa shape index (κ2) is 4.00. The van der Waals surface area contributed by atoms with E-state index in [9.17, 15) is 13.6 Å². The van der Waals surface area contributed by atoms with E-state index in [2.05, 4.69) is 4.98 Å². The third kappa shape index (κ3) is 1.91. The minimum atomic E-state index is -2.95. The lowest BCUT2D eigenvalue weighted by molar-refractivity contribution is 0.0984. The molecule has 0 aliphatic rings. The Kier molecular flexibility index (Phi) is 2.95. The first-order chi connectivity index (χ1) is 6.99. The average Bonchev–Trinajstić information content (AvgIpc) is 2.16. The van der Waals surface area contributed by atoms with Gasteiger partial charge in [0.25, 0.3) is 6.43 Å². The van der Waals surface area contributed by atoms with Gasteiger partial charge in [-0.15, -0.1) is 0 Å². The molecular formula is C9H7F2N3O. The molecule has 6 heteroatoms. The topological polar surface area (TPSA) is 79.8 Å². The van der Waals surface area contributed by atoms with Gasteiger partial charge in [-0.25, -0.2) is 13.8 Å². The summed E-state index contributed by atoms with van der Waals surface area (Å²) in [4.78, 5) is 14.5. The summed E-state index contributed by atoms with van der Waals surface area (Å²) in [5.41, 5.74) is 3.72. The minimum absolute atomic E-state index is 0.233. The predicted molar refractivity (Wildman–Crippen MR) is 47.2 cm³/mol. The number of nitrogens with zero attached hydrogens (tertiary/aromatic N) is 2. The number of aryl methyl sites for hydroxylation is 1. The molecule has 0 fully saturated rings. The fourth-order valence-electron chi connectivity index (χ4n) is 1.25. The van der Waals surface area contributed by atoms with Gasteiger partial charge >= 0.3 is 0 Å². The Morgan fingerprint density at radius 1 is 1.67 bits per heavy atom. The Balaban J connectivity index is 3.60. The Morgan fingerprint density at radius 2 is 2.27 bits per heavy atom. The van der Waals surface area contributed by atoms with Gasteiger partial charge in [-0.1, -0.05) is 0 Å². The Bertz CT molecular complexity index is 451. The van der Waals surface area contributed by atoms with Crippen molar-refractivity contribution in [2.24, 2.45) is 5.73 Å². The summed E-state index contributed by atoms with van der Waals surface area (Å²) in [5.74, 6) is -0.985. The van der Waals surface area contributed by atoms with E-state index < -0.39 is 23.6 Å². The summed E-state index contributed by atoms with van der Waals surface area (Å²) in [5, 5.41) is 8.57. The molecule has 1 rings (SSSR count). The number of halogens is 2. The van der Waals surface area contributed by atoms with Crippen LogP contribution in [-0.2, 0) is 0 Å². The maximum absolute atomic E-state index is 12.6. The van der Waals surface area contributed by atoms with E-state index in [0.717, 1.165) is 0 Å². The molecule has 2 N–H and O–H groups in total. The van der Waals surface area contributed by atoms with Crippen LogP contribution >= 0.6 is 0 Å². The lowest BCUT2D eigenvalue weighted by atomic mass is 10.0. The minimum Gasteiger partial charge on any atom is -0.366 e. The van der Waals surface area contributed by atoms with Crippen molar-refractivity contribution in [3.05, 3.63) is 28.6 Å². The van der Waals surface area contributed by atoms with Gasteiger partial charge in [-0.2, -0.15) is 5.26 Å². The van der Waals surface area contributed by atoms with Crippen LogP contribution in [0.1, 0.15) is 33.6 Å². The van der Waals surface area contributed by atoms with Crippen molar-refractivity contribution in [3.8, 4) is 6.07 Å². The molecule has 0 aromatic carbocycles. The number of alkyl halides is 2. The third-order valence-electron chi connectivity index (χ3n) is 1.88. The Labute approximate surface area is 84.3 Å². The standard InChI is InChI=1S/C9H7F2N3O/c1-4-3-14-5(2-12)7(8(10)11)6(4)9(13)15/h3,8H,1H3,(H2,13,15). The van der Waals surface area contributed by atoms with Crippen molar-refractivity contribution in [1.29, 1.82) is 5.26 Å². The molecule has 0 atom stereocenters. The molecule has 0 radical (unpaired) electrons. The van der Waals surface area contributed by atoms with Crippen molar-refractivity contribution >= 4 is 5.91 Å². The summed E-state index contributed by atoms with van der Waals surface area (Å²) >= 11 is 0. The number of hydrogen-bond donors (Lipinski definition) is 1. The highest BCUT2D eigenvalue weighted by Crippen LogP contribution is 2.26. The summed E-state index contributed by atoms with van der Waals surface area (Å²) in [6.45, 7) is 1.43. The quantitative estimate of drug-likeness (QED) is 0.800. The molecule has 1 aromatic heterocycles. The van der Waals surface area contributed by atoms with E-state index in [4.69, 9.17) is 11.0 Å². The smallest absolute Gasteiger partial charge is 0.267 e. The molecule has 78 valence electrons. The number of carbonyl (C=O) groups excluding carboxylic acids is 1. The first-order valence-electron chi connectivity index (χ1n) is 3.96.